The van der Waals surface area contributed by atoms with Gasteiger partial charge in [0.1, 0.15) is 0 Å². The topological polar surface area (TPSA) is 58.2 Å². The van der Waals surface area contributed by atoms with Crippen LogP contribution in [0.4, 0.5) is 140 Å². The third-order valence-electron chi connectivity index (χ3n) is 7.80. The van der Waals surface area contributed by atoms with Gasteiger partial charge in [0.05, 0.1) is 0 Å². The molecule has 0 saturated heterocycles. The molecule has 2 amide bonds. The summed E-state index contributed by atoms with van der Waals surface area (Å²) in [4.78, 5) is 23.3. The number of carbonyl (C=O) groups is 2. The molecule has 0 aliphatic rings. The van der Waals surface area contributed by atoms with Gasteiger partial charge in [-0.15, -0.1) is 0 Å². The van der Waals surface area contributed by atoms with Crippen molar-refractivity contribution in [2.75, 3.05) is 0 Å². The largest absolute Gasteiger partial charge is 0.392 e. The van der Waals surface area contributed by atoms with Crippen molar-refractivity contribution in [1.29, 1.82) is 0 Å². The average molecular weight is 992 g/mol. The van der Waals surface area contributed by atoms with Crippen molar-refractivity contribution < 1.29 is 150 Å². The molecule has 36 heteroatoms. The second-order valence-corrected chi connectivity index (χ2v) is 11.9. The Bertz CT molecular complexity index is 1660. The normalized spacial score (nSPS) is 15.6. The fourth-order valence-corrected chi connectivity index (χ4v) is 3.99. The predicted octanol–water partition coefficient (Wildman–Crippen LogP) is 10.3. The monoisotopic (exact) mass is 992 g/mol. The van der Waals surface area contributed by atoms with Crippen LogP contribution in [0.15, 0.2) is 24.3 Å². The van der Waals surface area contributed by atoms with Crippen molar-refractivity contribution in [2.24, 2.45) is 0 Å². The summed E-state index contributed by atoms with van der Waals surface area (Å²) in [6.45, 7) is -3.91. The molecule has 0 aliphatic carbocycles. The first-order valence-corrected chi connectivity index (χ1v) is 14.4. The van der Waals surface area contributed by atoms with Gasteiger partial charge in [0.2, 0.25) is 0 Å². The smallest absolute Gasteiger partial charge is 0.347 e. The molecular weight excluding hydrogens is 980 g/mol. The molecular formula is C26H12F32N2O2. The van der Waals surface area contributed by atoms with E-state index in [4.69, 9.17) is 0 Å². The first-order chi connectivity index (χ1) is 26.9. The number of alkyl halides is 32. The van der Waals surface area contributed by atoms with E-state index in [9.17, 15) is 150 Å². The van der Waals surface area contributed by atoms with Gasteiger partial charge in [-0.2, -0.15) is 123 Å². The zero-order chi connectivity index (χ0) is 50.1. The molecule has 1 aromatic rings. The highest BCUT2D eigenvalue weighted by molar-refractivity contribution is 5.85. The number of nitrogens with one attached hydrogen (secondary N) is 2. The second kappa shape index (κ2) is 15.9. The first-order valence-electron chi connectivity index (χ1n) is 14.4. The summed E-state index contributed by atoms with van der Waals surface area (Å²) in [5, 5.41) is 0.832. The lowest BCUT2D eigenvalue weighted by atomic mass is 9.89. The molecule has 0 aliphatic heterocycles. The Labute approximate surface area is 317 Å². The second-order valence-electron chi connectivity index (χ2n) is 11.9. The van der Waals surface area contributed by atoms with E-state index in [0.29, 0.717) is 28.8 Å². The maximum atomic E-state index is 14.1. The number of rotatable bonds is 20. The minimum Gasteiger partial charge on any atom is -0.347 e. The molecule has 0 radical (unpaired) electrons. The summed E-state index contributed by atoms with van der Waals surface area (Å²) in [7, 11) is 0. The van der Waals surface area contributed by atoms with Gasteiger partial charge in [0.25, 0.3) is 11.8 Å². The summed E-state index contributed by atoms with van der Waals surface area (Å²) in [6, 6.07) is 1.22. The number of carbonyl (C=O) groups excluding carboxylic acids is 2. The zero-order valence-electron chi connectivity index (χ0n) is 27.8. The Kier molecular flexibility index (Phi) is 14.3. The van der Waals surface area contributed by atoms with Gasteiger partial charge < -0.3 is 10.6 Å². The molecule has 2 N–H and O–H groups in total. The van der Waals surface area contributed by atoms with Gasteiger partial charge in [0, 0.05) is 13.1 Å². The van der Waals surface area contributed by atoms with E-state index in [0.717, 1.165) is 0 Å². The Morgan fingerprint density at radius 3 is 0.806 bits per heavy atom. The Hall–Kier alpha value is -4.08. The molecule has 0 bridgehead atoms. The molecule has 0 fully saturated rings. The number of halogens is 32. The third kappa shape index (κ3) is 7.71. The lowest BCUT2D eigenvalue weighted by molar-refractivity contribution is -0.443. The molecule has 62 heavy (non-hydrogen) atoms. The Morgan fingerprint density at radius 2 is 0.581 bits per heavy atom. The fourth-order valence-electron chi connectivity index (χ4n) is 3.99. The van der Waals surface area contributed by atoms with Crippen LogP contribution < -0.4 is 10.6 Å². The zero-order valence-corrected chi connectivity index (χ0v) is 27.8. The maximum absolute atomic E-state index is 14.1. The molecule has 1 aromatic carbocycles. The van der Waals surface area contributed by atoms with E-state index < -0.39 is 132 Å². The maximum Gasteiger partial charge on any atom is 0.392 e. The number of hydrogen-bond acceptors (Lipinski definition) is 2. The molecule has 0 spiro atoms. The van der Waals surface area contributed by atoms with Crippen LogP contribution in [-0.4, -0.2) is 108 Å². The van der Waals surface area contributed by atoms with Crippen LogP contribution >= 0.6 is 0 Å². The number of amides is 2. The van der Waals surface area contributed by atoms with E-state index in [2.05, 4.69) is 0 Å². The molecule has 0 saturated carbocycles. The van der Waals surface area contributed by atoms with E-state index in [1.807, 2.05) is 0 Å². The van der Waals surface area contributed by atoms with E-state index in [1.54, 1.807) is 0 Å². The molecule has 362 valence electrons. The molecule has 0 unspecified atom stereocenters. The summed E-state index contributed by atoms with van der Waals surface area (Å²) < 4.78 is 431. The third-order valence-corrected chi connectivity index (χ3v) is 7.80. The lowest BCUT2D eigenvalue weighted by Gasteiger charge is -2.42. The standard InChI is InChI=1S/C26H12F32N2O2/c27-9(28)13(31,32)17(39,40)21(47,48)25(55,56)23(51,52)19(43,44)15(35,36)11(61)59-5-7-2-1-3-8(4-7)6-60-12(62)16(37,38)20(45,46)24(53,54)26(57,58)22(49,50)18(41,42)14(33,34)10(29)30/h1-4,9-10H,5-6H2,(H,59,61)(H,60,62). The summed E-state index contributed by atoms with van der Waals surface area (Å²) in [6.07, 6.45) is -12.3. The number of hydrogen-bond donors (Lipinski definition) is 2. The summed E-state index contributed by atoms with van der Waals surface area (Å²) in [5.74, 6) is -126. The van der Waals surface area contributed by atoms with E-state index in [-0.39, 0.29) is 6.07 Å². The van der Waals surface area contributed by atoms with Crippen LogP contribution in [0.5, 0.6) is 0 Å². The van der Waals surface area contributed by atoms with Crippen molar-refractivity contribution in [3.05, 3.63) is 35.4 Å². The van der Waals surface area contributed by atoms with Crippen LogP contribution in [0.1, 0.15) is 11.1 Å². The SMILES string of the molecule is O=C(NCc1cccc(CNC(=O)C(F)(F)C(F)(F)C(F)(F)C(F)(F)C(F)(F)C(F)(F)C(F)(F)C(F)F)c1)C(F)(F)C(F)(F)C(F)(F)C(F)(F)C(F)(F)C(F)(F)C(F)(F)C(F)F. The van der Waals surface area contributed by atoms with Gasteiger partial charge in [-0.1, -0.05) is 24.3 Å². The van der Waals surface area contributed by atoms with Gasteiger partial charge in [-0.25, -0.2) is 17.6 Å². The highest BCUT2D eigenvalue weighted by Gasteiger charge is 2.96. The van der Waals surface area contributed by atoms with Crippen molar-refractivity contribution in [3.63, 3.8) is 0 Å². The van der Waals surface area contributed by atoms with Crippen LogP contribution in [0, 0.1) is 0 Å². The first kappa shape index (κ1) is 55.9. The Balaban J connectivity index is 3.38. The molecule has 0 atom stereocenters. The number of benzene rings is 1. The van der Waals surface area contributed by atoms with E-state index >= 15 is 0 Å². The lowest BCUT2D eigenvalue weighted by Crippen LogP contribution is -2.74. The molecule has 0 aromatic heterocycles. The van der Waals surface area contributed by atoms with Crippen LogP contribution in [0.2, 0.25) is 0 Å². The minimum absolute atomic E-state index is 0.0935. The highest BCUT2D eigenvalue weighted by atomic mass is 19.4. The molecule has 4 nitrogen and oxygen atoms in total. The van der Waals surface area contributed by atoms with Gasteiger partial charge in [0.15, 0.2) is 0 Å². The summed E-state index contributed by atoms with van der Waals surface area (Å²) in [5.41, 5.74) is -2.18. The van der Waals surface area contributed by atoms with Gasteiger partial charge in [-0.05, 0) is 11.1 Å². The Morgan fingerprint density at radius 1 is 0.371 bits per heavy atom. The van der Waals surface area contributed by atoms with Gasteiger partial charge >= 0.3 is 95.8 Å². The van der Waals surface area contributed by atoms with Crippen LogP contribution in [0.3, 0.4) is 0 Å². The highest BCUT2D eigenvalue weighted by Crippen LogP contribution is 2.64. The predicted molar refractivity (Wildman–Crippen MR) is 131 cm³/mol. The molecule has 0 heterocycles. The minimum atomic E-state index is -8.90. The fraction of sp³-hybridized carbons (Fsp3) is 0.692. The summed E-state index contributed by atoms with van der Waals surface area (Å²) >= 11 is 0. The molecule has 1 rings (SSSR count). The quantitative estimate of drug-likeness (QED) is 0.128. The average Bonchev–Trinajstić information content (AvgIpc) is 3.11. The van der Waals surface area contributed by atoms with Crippen molar-refractivity contribution >= 4 is 11.8 Å². The van der Waals surface area contributed by atoms with Crippen LogP contribution in [-0.2, 0) is 22.7 Å². The van der Waals surface area contributed by atoms with Crippen molar-refractivity contribution in [2.45, 2.75) is 109 Å². The van der Waals surface area contributed by atoms with Crippen LogP contribution in [0.25, 0.3) is 0 Å². The van der Waals surface area contributed by atoms with E-state index in [1.165, 1.54) is 0 Å². The van der Waals surface area contributed by atoms with Gasteiger partial charge in [-0.3, -0.25) is 9.59 Å². The van der Waals surface area contributed by atoms with Crippen molar-refractivity contribution in [3.8, 4) is 0 Å². The van der Waals surface area contributed by atoms with Crippen molar-refractivity contribution in [1.82, 2.24) is 10.6 Å².